The summed E-state index contributed by atoms with van der Waals surface area (Å²) in [4.78, 5) is 7.09. The summed E-state index contributed by atoms with van der Waals surface area (Å²) in [5.41, 5.74) is 3.70. The lowest BCUT2D eigenvalue weighted by Crippen LogP contribution is -2.40. The largest absolute Gasteiger partial charge is 0.493 e. The van der Waals surface area contributed by atoms with Gasteiger partial charge in [-0.2, -0.15) is 0 Å². The Balaban J connectivity index is 1.82. The highest BCUT2D eigenvalue weighted by molar-refractivity contribution is 5.97. The van der Waals surface area contributed by atoms with E-state index in [-0.39, 0.29) is 0 Å². The molecule has 0 aromatic heterocycles. The monoisotopic (exact) mass is 339 g/mol. The Morgan fingerprint density at radius 3 is 2.68 bits per heavy atom. The van der Waals surface area contributed by atoms with Crippen LogP contribution >= 0.6 is 0 Å². The summed E-state index contributed by atoms with van der Waals surface area (Å²) in [7, 11) is 3.29. The number of nitrogens with one attached hydrogen (secondary N) is 1. The molecular weight excluding hydrogens is 314 g/mol. The standard InChI is InChI=1S/C20H25N3O2/c1-4-21-20(23-12-11-16-7-5-6-8-17(16)23)22-14-15-9-10-18(24-2)19(13-15)25-3/h5-10,13H,4,11-12,14H2,1-3H3,(H,21,22). The number of benzene rings is 2. The minimum Gasteiger partial charge on any atom is -0.493 e. The molecule has 132 valence electrons. The van der Waals surface area contributed by atoms with Crippen LogP contribution in [0.25, 0.3) is 0 Å². The van der Waals surface area contributed by atoms with Gasteiger partial charge in [-0.3, -0.25) is 0 Å². The summed E-state index contributed by atoms with van der Waals surface area (Å²) in [5.74, 6) is 2.38. The van der Waals surface area contributed by atoms with Gasteiger partial charge >= 0.3 is 0 Å². The molecule has 0 saturated carbocycles. The van der Waals surface area contributed by atoms with E-state index >= 15 is 0 Å². The van der Waals surface area contributed by atoms with Gasteiger partial charge in [0.15, 0.2) is 17.5 Å². The molecule has 0 spiro atoms. The number of rotatable bonds is 5. The van der Waals surface area contributed by atoms with Crippen LogP contribution in [0, 0.1) is 0 Å². The molecule has 0 radical (unpaired) electrons. The molecule has 0 unspecified atom stereocenters. The zero-order chi connectivity index (χ0) is 17.6. The zero-order valence-electron chi connectivity index (χ0n) is 15.1. The Hall–Kier alpha value is -2.69. The molecule has 1 aliphatic rings. The van der Waals surface area contributed by atoms with Gasteiger partial charge in [-0.1, -0.05) is 24.3 Å². The maximum atomic E-state index is 5.38. The van der Waals surface area contributed by atoms with Crippen molar-refractivity contribution in [1.29, 1.82) is 0 Å². The van der Waals surface area contributed by atoms with Crippen molar-refractivity contribution in [3.05, 3.63) is 53.6 Å². The summed E-state index contributed by atoms with van der Waals surface area (Å²) in [6, 6.07) is 14.4. The predicted molar refractivity (Wildman–Crippen MR) is 102 cm³/mol. The second kappa shape index (κ2) is 7.92. The van der Waals surface area contributed by atoms with E-state index in [1.54, 1.807) is 14.2 Å². The van der Waals surface area contributed by atoms with E-state index in [1.165, 1.54) is 11.3 Å². The van der Waals surface area contributed by atoms with Gasteiger partial charge in [0.1, 0.15) is 0 Å². The second-order valence-electron chi connectivity index (χ2n) is 5.89. The van der Waals surface area contributed by atoms with Crippen LogP contribution in [0.15, 0.2) is 47.5 Å². The summed E-state index contributed by atoms with van der Waals surface area (Å²) < 4.78 is 10.7. The number of guanidine groups is 1. The van der Waals surface area contributed by atoms with Gasteiger partial charge in [0.2, 0.25) is 0 Å². The number of hydrogen-bond acceptors (Lipinski definition) is 3. The average Bonchev–Trinajstić information content (AvgIpc) is 3.09. The number of ether oxygens (including phenoxy) is 2. The van der Waals surface area contributed by atoms with Crippen molar-refractivity contribution >= 4 is 11.6 Å². The number of hydrogen-bond donors (Lipinski definition) is 1. The Bertz CT molecular complexity index is 758. The average molecular weight is 339 g/mol. The first-order valence-electron chi connectivity index (χ1n) is 8.61. The maximum Gasteiger partial charge on any atom is 0.198 e. The molecule has 0 atom stereocenters. The fraction of sp³-hybridized carbons (Fsp3) is 0.350. The molecule has 0 amide bonds. The van der Waals surface area contributed by atoms with Gasteiger partial charge in [-0.25, -0.2) is 4.99 Å². The van der Waals surface area contributed by atoms with Crippen LogP contribution < -0.4 is 19.7 Å². The fourth-order valence-electron chi connectivity index (χ4n) is 3.10. The molecule has 1 N–H and O–H groups in total. The number of para-hydroxylation sites is 1. The molecular formula is C20H25N3O2. The SMILES string of the molecule is CCNC(=NCc1ccc(OC)c(OC)c1)N1CCc2ccccc21. The van der Waals surface area contributed by atoms with Gasteiger partial charge in [0.05, 0.1) is 20.8 Å². The third-order valence-corrected chi connectivity index (χ3v) is 4.34. The zero-order valence-corrected chi connectivity index (χ0v) is 15.1. The van der Waals surface area contributed by atoms with Crippen molar-refractivity contribution in [3.63, 3.8) is 0 Å². The normalized spacial score (nSPS) is 13.6. The lowest BCUT2D eigenvalue weighted by atomic mass is 10.2. The van der Waals surface area contributed by atoms with Crippen molar-refractivity contribution in [3.8, 4) is 11.5 Å². The van der Waals surface area contributed by atoms with E-state index < -0.39 is 0 Å². The Morgan fingerprint density at radius 1 is 1.12 bits per heavy atom. The summed E-state index contributed by atoms with van der Waals surface area (Å²) in [6.07, 6.45) is 1.05. The van der Waals surface area contributed by atoms with Gasteiger partial charge in [-0.05, 0) is 42.7 Å². The van der Waals surface area contributed by atoms with Gasteiger partial charge in [0.25, 0.3) is 0 Å². The van der Waals surface area contributed by atoms with Crippen molar-refractivity contribution in [2.24, 2.45) is 4.99 Å². The van der Waals surface area contributed by atoms with Crippen LogP contribution in [0.5, 0.6) is 11.5 Å². The van der Waals surface area contributed by atoms with Crippen molar-refractivity contribution in [1.82, 2.24) is 5.32 Å². The van der Waals surface area contributed by atoms with Crippen LogP contribution in [0.1, 0.15) is 18.1 Å². The van der Waals surface area contributed by atoms with Crippen molar-refractivity contribution < 1.29 is 9.47 Å². The Kier molecular flexibility index (Phi) is 5.43. The fourth-order valence-corrected chi connectivity index (χ4v) is 3.10. The van der Waals surface area contributed by atoms with Crippen LogP contribution in [0.2, 0.25) is 0 Å². The number of anilines is 1. The van der Waals surface area contributed by atoms with Gasteiger partial charge in [-0.15, -0.1) is 0 Å². The lowest BCUT2D eigenvalue weighted by molar-refractivity contribution is 0.354. The van der Waals surface area contributed by atoms with E-state index in [1.807, 2.05) is 18.2 Å². The molecule has 0 bridgehead atoms. The lowest BCUT2D eigenvalue weighted by Gasteiger charge is -2.22. The second-order valence-corrected chi connectivity index (χ2v) is 5.89. The molecule has 25 heavy (non-hydrogen) atoms. The molecule has 1 aliphatic heterocycles. The molecule has 2 aromatic carbocycles. The van der Waals surface area contributed by atoms with E-state index in [0.717, 1.165) is 42.5 Å². The van der Waals surface area contributed by atoms with Gasteiger partial charge < -0.3 is 19.7 Å². The third-order valence-electron chi connectivity index (χ3n) is 4.34. The number of fused-ring (bicyclic) bond motifs is 1. The third kappa shape index (κ3) is 3.71. The van der Waals surface area contributed by atoms with Crippen LogP contribution in [-0.2, 0) is 13.0 Å². The topological polar surface area (TPSA) is 46.1 Å². The van der Waals surface area contributed by atoms with Crippen LogP contribution in [0.4, 0.5) is 5.69 Å². The predicted octanol–water partition coefficient (Wildman–Crippen LogP) is 3.23. The Labute approximate surface area is 149 Å². The van der Waals surface area contributed by atoms with E-state index in [2.05, 4.69) is 41.4 Å². The first-order valence-corrected chi connectivity index (χ1v) is 8.61. The highest BCUT2D eigenvalue weighted by Gasteiger charge is 2.22. The van der Waals surface area contributed by atoms with E-state index in [9.17, 15) is 0 Å². The van der Waals surface area contributed by atoms with Crippen molar-refractivity contribution in [2.75, 3.05) is 32.2 Å². The molecule has 0 aliphatic carbocycles. The number of aliphatic imine (C=N–C) groups is 1. The summed E-state index contributed by atoms with van der Waals surface area (Å²) >= 11 is 0. The summed E-state index contributed by atoms with van der Waals surface area (Å²) in [5, 5.41) is 3.41. The number of nitrogens with zero attached hydrogens (tertiary/aromatic N) is 2. The minimum atomic E-state index is 0.585. The van der Waals surface area contributed by atoms with E-state index in [0.29, 0.717) is 6.54 Å². The number of methoxy groups -OCH3 is 2. The highest BCUT2D eigenvalue weighted by Crippen LogP contribution is 2.29. The summed E-state index contributed by atoms with van der Waals surface area (Å²) in [6.45, 7) is 4.47. The first-order chi connectivity index (χ1) is 12.3. The molecule has 0 fully saturated rings. The van der Waals surface area contributed by atoms with Gasteiger partial charge in [0, 0.05) is 18.8 Å². The molecule has 3 rings (SSSR count). The Morgan fingerprint density at radius 2 is 1.92 bits per heavy atom. The van der Waals surface area contributed by atoms with Crippen LogP contribution in [-0.4, -0.2) is 33.3 Å². The molecule has 5 nitrogen and oxygen atoms in total. The van der Waals surface area contributed by atoms with E-state index in [4.69, 9.17) is 14.5 Å². The highest BCUT2D eigenvalue weighted by atomic mass is 16.5. The molecule has 5 heteroatoms. The van der Waals surface area contributed by atoms with Crippen molar-refractivity contribution in [2.45, 2.75) is 19.9 Å². The smallest absolute Gasteiger partial charge is 0.198 e. The molecule has 2 aromatic rings. The quantitative estimate of drug-likeness (QED) is 0.671. The molecule has 1 heterocycles. The maximum absolute atomic E-state index is 5.38. The minimum absolute atomic E-state index is 0.585. The molecule has 0 saturated heterocycles. The first kappa shape index (κ1) is 17.1. The van der Waals surface area contributed by atoms with Crippen LogP contribution in [0.3, 0.4) is 0 Å².